The van der Waals surface area contributed by atoms with Gasteiger partial charge in [-0.1, -0.05) is 42.5 Å². The van der Waals surface area contributed by atoms with Crippen LogP contribution in [0.4, 0.5) is 0 Å². The minimum atomic E-state index is 0.129. The Labute approximate surface area is 155 Å². The van der Waals surface area contributed by atoms with Crippen molar-refractivity contribution in [2.45, 2.75) is 31.8 Å². The fraction of sp³-hybridized carbons (Fsp3) is 0.409. The summed E-state index contributed by atoms with van der Waals surface area (Å²) in [6.07, 6.45) is 3.33. The Balaban J connectivity index is 1.46. The third kappa shape index (κ3) is 5.33. The van der Waals surface area contributed by atoms with E-state index in [4.69, 9.17) is 9.47 Å². The number of hydrogen-bond donors (Lipinski definition) is 0. The Hall–Kier alpha value is -2.33. The van der Waals surface area contributed by atoms with Crippen molar-refractivity contribution in [2.24, 2.45) is 0 Å². The molecule has 0 N–H and O–H groups in total. The van der Waals surface area contributed by atoms with E-state index in [2.05, 4.69) is 24.3 Å². The third-order valence-electron chi connectivity index (χ3n) is 4.85. The van der Waals surface area contributed by atoms with Gasteiger partial charge in [0.25, 0.3) is 0 Å². The number of rotatable bonds is 7. The molecule has 0 aromatic heterocycles. The van der Waals surface area contributed by atoms with Gasteiger partial charge in [-0.3, -0.25) is 4.79 Å². The van der Waals surface area contributed by atoms with Gasteiger partial charge in [0.2, 0.25) is 5.91 Å². The van der Waals surface area contributed by atoms with E-state index in [9.17, 15) is 4.79 Å². The van der Waals surface area contributed by atoms with Gasteiger partial charge < -0.3 is 14.4 Å². The molecular weight excluding hydrogens is 326 g/mol. The number of carbonyl (C=O) groups excluding carboxylic acids is 1. The van der Waals surface area contributed by atoms with Crippen LogP contribution in [0.5, 0.6) is 5.75 Å². The molecule has 3 rings (SSSR count). The highest BCUT2D eigenvalue weighted by Gasteiger charge is 2.23. The molecule has 0 bridgehead atoms. The quantitative estimate of drug-likeness (QED) is 0.765. The van der Waals surface area contributed by atoms with Gasteiger partial charge >= 0.3 is 0 Å². The molecular formula is C22H27NO3. The first-order valence-electron chi connectivity index (χ1n) is 9.31. The van der Waals surface area contributed by atoms with E-state index in [1.54, 1.807) is 7.11 Å². The lowest BCUT2D eigenvalue weighted by molar-refractivity contribution is -0.138. The van der Waals surface area contributed by atoms with Crippen LogP contribution in [0, 0.1) is 0 Å². The highest BCUT2D eigenvalue weighted by Crippen LogP contribution is 2.16. The molecule has 0 radical (unpaired) electrons. The summed E-state index contributed by atoms with van der Waals surface area (Å²) in [5.41, 5.74) is 2.45. The van der Waals surface area contributed by atoms with Gasteiger partial charge in [0.15, 0.2) is 0 Å². The zero-order valence-electron chi connectivity index (χ0n) is 15.4. The summed E-state index contributed by atoms with van der Waals surface area (Å²) in [4.78, 5) is 14.5. The number of hydrogen-bond acceptors (Lipinski definition) is 3. The minimum absolute atomic E-state index is 0.129. The molecule has 1 saturated heterocycles. The topological polar surface area (TPSA) is 38.8 Å². The second-order valence-electron chi connectivity index (χ2n) is 6.71. The average Bonchev–Trinajstić information content (AvgIpc) is 2.71. The summed E-state index contributed by atoms with van der Waals surface area (Å²) in [5.74, 6) is 1.04. The number of benzene rings is 2. The van der Waals surface area contributed by atoms with Crippen LogP contribution in [-0.2, 0) is 22.4 Å². The highest BCUT2D eigenvalue weighted by atomic mass is 16.5. The molecule has 4 nitrogen and oxygen atoms in total. The van der Waals surface area contributed by atoms with Gasteiger partial charge in [0.1, 0.15) is 5.75 Å². The predicted octanol–water partition coefficient (Wildman–Crippen LogP) is 3.49. The molecule has 26 heavy (non-hydrogen) atoms. The smallest absolute Gasteiger partial charge is 0.223 e. The summed E-state index contributed by atoms with van der Waals surface area (Å²) in [5, 5.41) is 0. The number of methoxy groups -OCH3 is 1. The van der Waals surface area contributed by atoms with Gasteiger partial charge in [-0.2, -0.15) is 0 Å². The van der Waals surface area contributed by atoms with Gasteiger partial charge in [0.05, 0.1) is 19.8 Å². The molecule has 2 aromatic carbocycles. The lowest BCUT2D eigenvalue weighted by Crippen LogP contribution is -2.45. The van der Waals surface area contributed by atoms with E-state index < -0.39 is 0 Å². The van der Waals surface area contributed by atoms with Gasteiger partial charge in [-0.25, -0.2) is 0 Å². The van der Waals surface area contributed by atoms with Crippen LogP contribution >= 0.6 is 0 Å². The standard InChI is InChI=1S/C22H27NO3/c1-25-20-9-5-8-19(16-20)11-13-22(24)23-14-15-26-21(17-23)12-10-18-6-3-2-4-7-18/h2-9,16,21H,10-15,17H2,1H3. The molecule has 1 atom stereocenters. The molecule has 0 saturated carbocycles. The largest absolute Gasteiger partial charge is 0.497 e. The molecule has 0 aliphatic carbocycles. The first-order chi connectivity index (χ1) is 12.7. The third-order valence-corrected chi connectivity index (χ3v) is 4.85. The fourth-order valence-electron chi connectivity index (χ4n) is 3.33. The second-order valence-corrected chi connectivity index (χ2v) is 6.71. The summed E-state index contributed by atoms with van der Waals surface area (Å²) in [7, 11) is 1.66. The Bertz CT molecular complexity index is 702. The summed E-state index contributed by atoms with van der Waals surface area (Å²) >= 11 is 0. The number of morpholine rings is 1. The van der Waals surface area contributed by atoms with E-state index in [1.165, 1.54) is 5.56 Å². The predicted molar refractivity (Wildman–Crippen MR) is 102 cm³/mol. The van der Waals surface area contributed by atoms with Crippen molar-refractivity contribution in [2.75, 3.05) is 26.8 Å². The molecule has 1 heterocycles. The van der Waals surface area contributed by atoms with Crippen LogP contribution in [0.1, 0.15) is 24.0 Å². The maximum Gasteiger partial charge on any atom is 0.223 e. The molecule has 1 fully saturated rings. The number of ether oxygens (including phenoxy) is 2. The molecule has 1 aliphatic rings. The first kappa shape index (κ1) is 18.5. The maximum atomic E-state index is 12.6. The molecule has 1 unspecified atom stereocenters. The number of amides is 1. The van der Waals surface area contributed by atoms with Gasteiger partial charge in [-0.05, 0) is 42.5 Å². The molecule has 1 aliphatic heterocycles. The lowest BCUT2D eigenvalue weighted by Gasteiger charge is -2.33. The SMILES string of the molecule is COc1cccc(CCC(=O)N2CCOC(CCc3ccccc3)C2)c1. The monoisotopic (exact) mass is 353 g/mol. The van der Waals surface area contributed by atoms with Gasteiger partial charge in [0, 0.05) is 19.5 Å². The normalized spacial score (nSPS) is 17.1. The highest BCUT2D eigenvalue weighted by molar-refractivity contribution is 5.76. The number of aryl methyl sites for hydroxylation is 2. The second kappa shape index (κ2) is 9.39. The Morgan fingerprint density at radius 1 is 1.12 bits per heavy atom. The van der Waals surface area contributed by atoms with Crippen molar-refractivity contribution < 1.29 is 14.3 Å². The number of carbonyl (C=O) groups is 1. The zero-order chi connectivity index (χ0) is 18.2. The molecule has 138 valence electrons. The summed E-state index contributed by atoms with van der Waals surface area (Å²) in [6, 6.07) is 18.4. The molecule has 1 amide bonds. The van der Waals surface area contributed by atoms with Crippen LogP contribution in [0.15, 0.2) is 54.6 Å². The Kier molecular flexibility index (Phi) is 6.67. The van der Waals surface area contributed by atoms with Crippen molar-refractivity contribution >= 4 is 5.91 Å². The first-order valence-corrected chi connectivity index (χ1v) is 9.31. The Morgan fingerprint density at radius 3 is 2.73 bits per heavy atom. The van der Waals surface area contributed by atoms with Gasteiger partial charge in [-0.15, -0.1) is 0 Å². The van der Waals surface area contributed by atoms with Crippen molar-refractivity contribution in [3.8, 4) is 5.75 Å². The van der Waals surface area contributed by atoms with Crippen molar-refractivity contribution in [3.63, 3.8) is 0 Å². The van der Waals surface area contributed by atoms with Crippen LogP contribution in [-0.4, -0.2) is 43.7 Å². The lowest BCUT2D eigenvalue weighted by atomic mass is 10.0. The van der Waals surface area contributed by atoms with E-state index >= 15 is 0 Å². The van der Waals surface area contributed by atoms with E-state index in [1.807, 2.05) is 35.2 Å². The van der Waals surface area contributed by atoms with E-state index in [-0.39, 0.29) is 12.0 Å². The van der Waals surface area contributed by atoms with E-state index in [0.717, 1.165) is 30.6 Å². The molecule has 4 heteroatoms. The van der Waals surface area contributed by atoms with E-state index in [0.29, 0.717) is 26.1 Å². The average molecular weight is 353 g/mol. The van der Waals surface area contributed by atoms with Crippen molar-refractivity contribution in [1.29, 1.82) is 0 Å². The van der Waals surface area contributed by atoms with Crippen LogP contribution in [0.2, 0.25) is 0 Å². The Morgan fingerprint density at radius 2 is 1.92 bits per heavy atom. The number of nitrogens with zero attached hydrogens (tertiary/aromatic N) is 1. The van der Waals surface area contributed by atoms with Crippen LogP contribution < -0.4 is 4.74 Å². The fourth-order valence-corrected chi connectivity index (χ4v) is 3.33. The van der Waals surface area contributed by atoms with Crippen molar-refractivity contribution in [1.82, 2.24) is 4.90 Å². The molecule has 2 aromatic rings. The van der Waals surface area contributed by atoms with Crippen LogP contribution in [0.3, 0.4) is 0 Å². The zero-order valence-corrected chi connectivity index (χ0v) is 15.4. The van der Waals surface area contributed by atoms with Crippen LogP contribution in [0.25, 0.3) is 0 Å². The summed E-state index contributed by atoms with van der Waals surface area (Å²) < 4.78 is 11.1. The molecule has 0 spiro atoms. The summed E-state index contributed by atoms with van der Waals surface area (Å²) in [6.45, 7) is 2.02. The van der Waals surface area contributed by atoms with Crippen molar-refractivity contribution in [3.05, 3.63) is 65.7 Å². The minimum Gasteiger partial charge on any atom is -0.497 e. The maximum absolute atomic E-state index is 12.6.